The molecule has 1 amide bonds. The van der Waals surface area contributed by atoms with E-state index in [-0.39, 0.29) is 17.7 Å². The van der Waals surface area contributed by atoms with Gasteiger partial charge in [-0.2, -0.15) is 11.8 Å². The van der Waals surface area contributed by atoms with Crippen molar-refractivity contribution in [3.05, 3.63) is 23.8 Å². The number of phenolic OH excluding ortho intramolecular Hbond substituents is 1. The second-order valence-corrected chi connectivity index (χ2v) is 5.23. The maximum absolute atomic E-state index is 12.4. The summed E-state index contributed by atoms with van der Waals surface area (Å²) < 4.78 is 5.01. The molecule has 1 unspecified atom stereocenters. The Morgan fingerprint density at radius 2 is 2.21 bits per heavy atom. The molecule has 5 heteroatoms. The highest BCUT2D eigenvalue weighted by molar-refractivity contribution is 7.98. The van der Waals surface area contributed by atoms with Crippen LogP contribution in [0.4, 0.5) is 0 Å². The normalized spacial score (nSPS) is 12.0. The predicted octanol–water partition coefficient (Wildman–Crippen LogP) is 2.61. The predicted molar refractivity (Wildman–Crippen MR) is 79.2 cm³/mol. The summed E-state index contributed by atoms with van der Waals surface area (Å²) >= 11 is 1.71. The van der Waals surface area contributed by atoms with E-state index in [1.807, 2.05) is 6.26 Å². The van der Waals surface area contributed by atoms with Crippen molar-refractivity contribution in [3.63, 3.8) is 0 Å². The van der Waals surface area contributed by atoms with Gasteiger partial charge in [0.2, 0.25) is 0 Å². The number of carbonyl (C=O) groups is 1. The fraction of sp³-hybridized carbons (Fsp3) is 0.500. The number of carbonyl (C=O) groups excluding carboxylic acids is 1. The van der Waals surface area contributed by atoms with Gasteiger partial charge in [-0.3, -0.25) is 4.79 Å². The molecule has 0 heterocycles. The van der Waals surface area contributed by atoms with Crippen molar-refractivity contribution < 1.29 is 14.6 Å². The first-order chi connectivity index (χ1) is 9.04. The molecule has 4 nitrogen and oxygen atoms in total. The lowest BCUT2D eigenvalue weighted by molar-refractivity contribution is 0.0740. The Kier molecular flexibility index (Phi) is 6.02. The van der Waals surface area contributed by atoms with Crippen molar-refractivity contribution in [2.75, 3.05) is 26.2 Å². The first kappa shape index (κ1) is 15.7. The van der Waals surface area contributed by atoms with Gasteiger partial charge in [-0.1, -0.05) is 6.92 Å². The Morgan fingerprint density at radius 1 is 1.53 bits per heavy atom. The van der Waals surface area contributed by atoms with Gasteiger partial charge in [-0.25, -0.2) is 0 Å². The number of phenols is 1. The number of methoxy groups -OCH3 is 1. The zero-order chi connectivity index (χ0) is 14.4. The van der Waals surface area contributed by atoms with E-state index in [9.17, 15) is 9.90 Å². The molecule has 0 radical (unpaired) electrons. The Morgan fingerprint density at radius 3 is 2.68 bits per heavy atom. The number of hydrogen-bond donors (Lipinski definition) is 1. The summed E-state index contributed by atoms with van der Waals surface area (Å²) in [6, 6.07) is 4.90. The van der Waals surface area contributed by atoms with E-state index in [2.05, 4.69) is 6.92 Å². The fourth-order valence-electron chi connectivity index (χ4n) is 1.87. The average Bonchev–Trinajstić information content (AvgIpc) is 2.43. The highest BCUT2D eigenvalue weighted by atomic mass is 32.2. The Bertz CT molecular complexity index is 437. The number of ether oxygens (including phenoxy) is 1. The largest absolute Gasteiger partial charge is 0.507 e. The second kappa shape index (κ2) is 7.28. The summed E-state index contributed by atoms with van der Waals surface area (Å²) in [5.41, 5.74) is 0.308. The number of aromatic hydroxyl groups is 1. The maximum atomic E-state index is 12.4. The minimum Gasteiger partial charge on any atom is -0.507 e. The summed E-state index contributed by atoms with van der Waals surface area (Å²) in [5, 5.41) is 9.89. The van der Waals surface area contributed by atoms with Crippen LogP contribution >= 0.6 is 11.8 Å². The van der Waals surface area contributed by atoms with Crippen LogP contribution in [0.1, 0.15) is 23.7 Å². The molecular weight excluding hydrogens is 262 g/mol. The van der Waals surface area contributed by atoms with Crippen LogP contribution in [0.25, 0.3) is 0 Å². The number of amides is 1. The van der Waals surface area contributed by atoms with Gasteiger partial charge in [-0.05, 0) is 24.8 Å². The standard InChI is InChI=1S/C14H21NO3S/c1-5-10(9-19-4)15(2)14(17)12-7-6-11(18-3)8-13(12)16/h6-8,10,16H,5,9H2,1-4H3. The molecule has 1 aromatic carbocycles. The van der Waals surface area contributed by atoms with Crippen LogP contribution < -0.4 is 4.74 Å². The number of benzene rings is 1. The van der Waals surface area contributed by atoms with Gasteiger partial charge < -0.3 is 14.7 Å². The number of hydrogen-bond acceptors (Lipinski definition) is 4. The lowest BCUT2D eigenvalue weighted by Gasteiger charge is -2.27. The Balaban J connectivity index is 2.93. The molecule has 0 saturated carbocycles. The number of rotatable bonds is 6. The lowest BCUT2D eigenvalue weighted by atomic mass is 10.1. The van der Waals surface area contributed by atoms with Gasteiger partial charge in [0.05, 0.1) is 12.7 Å². The molecule has 0 fully saturated rings. The van der Waals surface area contributed by atoms with E-state index >= 15 is 0 Å². The summed E-state index contributed by atoms with van der Waals surface area (Å²) in [5.74, 6) is 1.21. The van der Waals surface area contributed by atoms with Crippen LogP contribution in [0.5, 0.6) is 11.5 Å². The molecule has 0 aromatic heterocycles. The van der Waals surface area contributed by atoms with Gasteiger partial charge in [0, 0.05) is 24.9 Å². The van der Waals surface area contributed by atoms with Gasteiger partial charge in [-0.15, -0.1) is 0 Å². The molecule has 0 bridgehead atoms. The summed E-state index contributed by atoms with van der Waals surface area (Å²) in [7, 11) is 3.30. The molecule has 1 N–H and O–H groups in total. The molecule has 106 valence electrons. The van der Waals surface area contributed by atoms with Crippen molar-refractivity contribution in [1.29, 1.82) is 0 Å². The van der Waals surface area contributed by atoms with E-state index in [4.69, 9.17) is 4.74 Å². The van der Waals surface area contributed by atoms with Crippen molar-refractivity contribution in [2.24, 2.45) is 0 Å². The first-order valence-corrected chi connectivity index (χ1v) is 7.57. The summed E-state index contributed by atoms with van der Waals surface area (Å²) in [6.07, 6.45) is 2.91. The zero-order valence-electron chi connectivity index (χ0n) is 11.8. The van der Waals surface area contributed by atoms with Gasteiger partial charge in [0.25, 0.3) is 5.91 Å². The average molecular weight is 283 g/mol. The van der Waals surface area contributed by atoms with Crippen molar-refractivity contribution in [2.45, 2.75) is 19.4 Å². The van der Waals surface area contributed by atoms with Crippen LogP contribution in [0.3, 0.4) is 0 Å². The van der Waals surface area contributed by atoms with Gasteiger partial charge in [0.15, 0.2) is 0 Å². The third-order valence-corrected chi connectivity index (χ3v) is 3.85. The third-order valence-electron chi connectivity index (χ3n) is 3.13. The smallest absolute Gasteiger partial charge is 0.257 e. The van der Waals surface area contributed by atoms with Crippen molar-refractivity contribution in [3.8, 4) is 11.5 Å². The SMILES string of the molecule is CCC(CSC)N(C)C(=O)c1ccc(OC)cc1O. The number of nitrogens with zero attached hydrogens (tertiary/aromatic N) is 1. The molecule has 0 saturated heterocycles. The highest BCUT2D eigenvalue weighted by Gasteiger charge is 2.21. The Labute approximate surface area is 118 Å². The van der Waals surface area contributed by atoms with Crippen LogP contribution in [-0.2, 0) is 0 Å². The van der Waals surface area contributed by atoms with E-state index in [0.29, 0.717) is 11.3 Å². The lowest BCUT2D eigenvalue weighted by Crippen LogP contribution is -2.38. The minimum absolute atomic E-state index is 0.0461. The van der Waals surface area contributed by atoms with Gasteiger partial charge >= 0.3 is 0 Å². The molecular formula is C14H21NO3S. The molecule has 19 heavy (non-hydrogen) atoms. The monoisotopic (exact) mass is 283 g/mol. The third kappa shape index (κ3) is 3.80. The summed E-state index contributed by atoms with van der Waals surface area (Å²) in [4.78, 5) is 14.0. The molecule has 0 aliphatic carbocycles. The second-order valence-electron chi connectivity index (χ2n) is 4.32. The molecule has 0 spiro atoms. The molecule has 1 aromatic rings. The zero-order valence-corrected chi connectivity index (χ0v) is 12.7. The molecule has 0 aliphatic heterocycles. The van der Waals surface area contributed by atoms with Crippen molar-refractivity contribution in [1.82, 2.24) is 4.90 Å². The maximum Gasteiger partial charge on any atom is 0.257 e. The van der Waals surface area contributed by atoms with Crippen LogP contribution in [0.15, 0.2) is 18.2 Å². The van der Waals surface area contributed by atoms with Crippen LogP contribution in [0.2, 0.25) is 0 Å². The van der Waals surface area contributed by atoms with Crippen LogP contribution in [0, 0.1) is 0 Å². The van der Waals surface area contributed by atoms with E-state index < -0.39 is 0 Å². The number of thioether (sulfide) groups is 1. The van der Waals surface area contributed by atoms with Crippen molar-refractivity contribution >= 4 is 17.7 Å². The van der Waals surface area contributed by atoms with Crippen LogP contribution in [-0.4, -0.2) is 48.1 Å². The fourth-order valence-corrected chi connectivity index (χ4v) is 2.72. The van der Waals surface area contributed by atoms with Gasteiger partial charge in [0.1, 0.15) is 11.5 Å². The topological polar surface area (TPSA) is 49.8 Å². The molecule has 0 aliphatic rings. The quantitative estimate of drug-likeness (QED) is 0.872. The minimum atomic E-state index is -0.166. The Hall–Kier alpha value is -1.36. The van der Waals surface area contributed by atoms with E-state index in [1.54, 1.807) is 35.8 Å². The summed E-state index contributed by atoms with van der Waals surface area (Å²) in [6.45, 7) is 2.05. The van der Waals surface area contributed by atoms with E-state index in [0.717, 1.165) is 12.2 Å². The van der Waals surface area contributed by atoms with E-state index in [1.165, 1.54) is 13.2 Å². The molecule has 1 atom stereocenters. The first-order valence-electron chi connectivity index (χ1n) is 6.18. The highest BCUT2D eigenvalue weighted by Crippen LogP contribution is 2.25. The molecule has 1 rings (SSSR count).